The number of piperidine rings is 1. The van der Waals surface area contributed by atoms with Gasteiger partial charge < -0.3 is 14.2 Å². The highest BCUT2D eigenvalue weighted by molar-refractivity contribution is 5.87. The summed E-state index contributed by atoms with van der Waals surface area (Å²) in [6, 6.07) is 25.0. The van der Waals surface area contributed by atoms with Crippen molar-refractivity contribution in [3.63, 3.8) is 0 Å². The summed E-state index contributed by atoms with van der Waals surface area (Å²) < 4.78 is 21.3. The Balaban J connectivity index is 1.44. The van der Waals surface area contributed by atoms with Crippen LogP contribution in [0.1, 0.15) is 48.8 Å². The molecule has 1 saturated heterocycles. The van der Waals surface area contributed by atoms with E-state index in [-0.39, 0.29) is 36.0 Å². The zero-order chi connectivity index (χ0) is 26.5. The number of esters is 1. The van der Waals surface area contributed by atoms with Crippen LogP contribution in [0.3, 0.4) is 0 Å². The number of carbonyl (C=O) groups is 2. The summed E-state index contributed by atoms with van der Waals surface area (Å²) in [5.74, 6) is -0.807. The van der Waals surface area contributed by atoms with Crippen LogP contribution in [0.4, 0.5) is 4.39 Å². The van der Waals surface area contributed by atoms with Crippen LogP contribution in [0, 0.1) is 11.7 Å². The average Bonchev–Trinajstić information content (AvgIpc) is 3.31. The summed E-state index contributed by atoms with van der Waals surface area (Å²) in [5, 5.41) is 1.09. The fourth-order valence-electron chi connectivity index (χ4n) is 5.49. The van der Waals surface area contributed by atoms with Gasteiger partial charge in [0.2, 0.25) is 5.91 Å². The molecule has 1 fully saturated rings. The highest BCUT2D eigenvalue weighted by Gasteiger charge is 2.30. The SMILES string of the molecule is CCOC(=O)C1CCN(C(=O)C[C@H](c2ccc(F)cc2)c2cn(Cc3ccccc3)c3ccccc23)CC1. The zero-order valence-corrected chi connectivity index (χ0v) is 21.7. The van der Waals surface area contributed by atoms with E-state index in [0.717, 1.165) is 22.0 Å². The van der Waals surface area contributed by atoms with Crippen LogP contribution in [-0.2, 0) is 20.9 Å². The molecular formula is C32H33FN2O3. The fourth-order valence-corrected chi connectivity index (χ4v) is 5.49. The molecule has 0 saturated carbocycles. The molecule has 0 N–H and O–H groups in total. The van der Waals surface area contributed by atoms with Gasteiger partial charge in [0.25, 0.3) is 0 Å². The zero-order valence-electron chi connectivity index (χ0n) is 21.7. The minimum Gasteiger partial charge on any atom is -0.466 e. The van der Waals surface area contributed by atoms with E-state index in [4.69, 9.17) is 4.74 Å². The van der Waals surface area contributed by atoms with E-state index in [9.17, 15) is 14.0 Å². The molecule has 0 radical (unpaired) electrons. The van der Waals surface area contributed by atoms with Crippen LogP contribution in [0.2, 0.25) is 0 Å². The number of benzene rings is 3. The fraction of sp³-hybridized carbons (Fsp3) is 0.312. The maximum atomic E-state index is 13.8. The molecule has 0 unspecified atom stereocenters. The molecule has 6 heteroatoms. The Morgan fingerprint density at radius 2 is 1.63 bits per heavy atom. The van der Waals surface area contributed by atoms with E-state index in [1.165, 1.54) is 17.7 Å². The Hall–Kier alpha value is -3.93. The molecule has 0 aliphatic carbocycles. The van der Waals surface area contributed by atoms with Gasteiger partial charge in [0.1, 0.15) is 5.82 Å². The van der Waals surface area contributed by atoms with Gasteiger partial charge in [-0.1, -0.05) is 60.7 Å². The van der Waals surface area contributed by atoms with Gasteiger partial charge in [-0.25, -0.2) is 4.39 Å². The number of para-hydroxylation sites is 1. The molecule has 1 aliphatic heterocycles. The van der Waals surface area contributed by atoms with Crippen LogP contribution < -0.4 is 0 Å². The number of aromatic nitrogens is 1. The third-order valence-electron chi connectivity index (χ3n) is 7.51. The van der Waals surface area contributed by atoms with Gasteiger partial charge in [-0.3, -0.25) is 9.59 Å². The Morgan fingerprint density at radius 3 is 2.34 bits per heavy atom. The van der Waals surface area contributed by atoms with E-state index in [1.807, 2.05) is 42.2 Å². The first-order valence-corrected chi connectivity index (χ1v) is 13.3. The van der Waals surface area contributed by atoms with Gasteiger partial charge in [-0.05, 0) is 54.7 Å². The summed E-state index contributed by atoms with van der Waals surface area (Å²) in [6.45, 7) is 3.97. The molecular weight excluding hydrogens is 479 g/mol. The molecule has 0 spiro atoms. The summed E-state index contributed by atoms with van der Waals surface area (Å²) in [5.41, 5.74) is 4.25. The number of fused-ring (bicyclic) bond motifs is 1. The van der Waals surface area contributed by atoms with E-state index in [2.05, 4.69) is 35.0 Å². The minimum absolute atomic E-state index is 0.0431. The van der Waals surface area contributed by atoms with Crippen molar-refractivity contribution in [1.82, 2.24) is 9.47 Å². The van der Waals surface area contributed by atoms with Gasteiger partial charge >= 0.3 is 5.97 Å². The lowest BCUT2D eigenvalue weighted by Crippen LogP contribution is -2.41. The molecule has 4 aromatic rings. The Bertz CT molecular complexity index is 1390. The maximum Gasteiger partial charge on any atom is 0.309 e. The predicted octanol–water partition coefficient (Wildman–Crippen LogP) is 6.15. The van der Waals surface area contributed by atoms with E-state index < -0.39 is 0 Å². The molecule has 0 bridgehead atoms. The molecule has 3 aromatic carbocycles. The van der Waals surface area contributed by atoms with Crippen molar-refractivity contribution in [3.8, 4) is 0 Å². The van der Waals surface area contributed by atoms with E-state index in [1.54, 1.807) is 12.1 Å². The quantitative estimate of drug-likeness (QED) is 0.266. The second-order valence-corrected chi connectivity index (χ2v) is 9.93. The molecule has 1 aromatic heterocycles. The predicted molar refractivity (Wildman–Crippen MR) is 146 cm³/mol. The molecule has 5 nitrogen and oxygen atoms in total. The number of likely N-dealkylation sites (tertiary alicyclic amines) is 1. The molecule has 1 aliphatic rings. The minimum atomic E-state index is -0.300. The molecule has 1 atom stereocenters. The third kappa shape index (κ3) is 5.64. The van der Waals surface area contributed by atoms with E-state index >= 15 is 0 Å². The number of amides is 1. The number of ether oxygens (including phenoxy) is 1. The summed E-state index contributed by atoms with van der Waals surface area (Å²) >= 11 is 0. The maximum absolute atomic E-state index is 13.8. The smallest absolute Gasteiger partial charge is 0.309 e. The normalized spacial score (nSPS) is 14.9. The average molecular weight is 513 g/mol. The van der Waals surface area contributed by atoms with Crippen molar-refractivity contribution in [2.75, 3.05) is 19.7 Å². The van der Waals surface area contributed by atoms with Crippen molar-refractivity contribution < 1.29 is 18.7 Å². The van der Waals surface area contributed by atoms with Crippen molar-refractivity contribution >= 4 is 22.8 Å². The highest BCUT2D eigenvalue weighted by Crippen LogP contribution is 2.36. The molecule has 1 amide bonds. The van der Waals surface area contributed by atoms with Crippen LogP contribution in [0.15, 0.2) is 85.1 Å². The van der Waals surface area contributed by atoms with Crippen molar-refractivity contribution in [2.45, 2.75) is 38.6 Å². The first-order valence-electron chi connectivity index (χ1n) is 13.3. The lowest BCUT2D eigenvalue weighted by Gasteiger charge is -2.32. The van der Waals surface area contributed by atoms with Crippen LogP contribution >= 0.6 is 0 Å². The summed E-state index contributed by atoms with van der Waals surface area (Å²) in [6.07, 6.45) is 3.64. The Morgan fingerprint density at radius 1 is 0.947 bits per heavy atom. The number of hydrogen-bond acceptors (Lipinski definition) is 3. The topological polar surface area (TPSA) is 51.5 Å². The van der Waals surface area contributed by atoms with Gasteiger partial charge in [-0.15, -0.1) is 0 Å². The third-order valence-corrected chi connectivity index (χ3v) is 7.51. The Kier molecular flexibility index (Phi) is 7.87. The summed E-state index contributed by atoms with van der Waals surface area (Å²) in [7, 11) is 0. The van der Waals surface area contributed by atoms with Crippen LogP contribution in [0.25, 0.3) is 10.9 Å². The van der Waals surface area contributed by atoms with Crippen LogP contribution in [0.5, 0.6) is 0 Å². The lowest BCUT2D eigenvalue weighted by atomic mass is 9.87. The summed E-state index contributed by atoms with van der Waals surface area (Å²) in [4.78, 5) is 27.6. The molecule has 38 heavy (non-hydrogen) atoms. The molecule has 196 valence electrons. The first-order chi connectivity index (χ1) is 18.5. The number of rotatable bonds is 8. The number of halogens is 1. The van der Waals surface area contributed by atoms with Gasteiger partial charge in [-0.2, -0.15) is 0 Å². The van der Waals surface area contributed by atoms with Crippen molar-refractivity contribution in [2.24, 2.45) is 5.92 Å². The van der Waals surface area contributed by atoms with Gasteiger partial charge in [0.05, 0.1) is 12.5 Å². The molecule has 5 rings (SSSR count). The van der Waals surface area contributed by atoms with Crippen LogP contribution in [-0.4, -0.2) is 41.0 Å². The first kappa shape index (κ1) is 25.7. The monoisotopic (exact) mass is 512 g/mol. The lowest BCUT2D eigenvalue weighted by molar-refractivity contribution is -0.151. The number of hydrogen-bond donors (Lipinski definition) is 0. The highest BCUT2D eigenvalue weighted by atomic mass is 19.1. The second kappa shape index (κ2) is 11.6. The van der Waals surface area contributed by atoms with Crippen molar-refractivity contribution in [1.29, 1.82) is 0 Å². The number of carbonyl (C=O) groups excluding carboxylic acids is 2. The number of nitrogens with zero attached hydrogens (tertiary/aromatic N) is 2. The largest absolute Gasteiger partial charge is 0.466 e. The van der Waals surface area contributed by atoms with Gasteiger partial charge in [0, 0.05) is 49.1 Å². The van der Waals surface area contributed by atoms with Gasteiger partial charge in [0.15, 0.2) is 0 Å². The second-order valence-electron chi connectivity index (χ2n) is 9.93. The van der Waals surface area contributed by atoms with Crippen molar-refractivity contribution in [3.05, 3.63) is 108 Å². The van der Waals surface area contributed by atoms with E-state index in [0.29, 0.717) is 39.1 Å². The standard InChI is InChI=1S/C32H33FN2O3/c1-2-38-32(37)25-16-18-34(19-17-25)31(36)20-28(24-12-14-26(33)15-13-24)29-22-35(21-23-8-4-3-5-9-23)30-11-7-6-10-27(29)30/h3-15,22,25,28H,2,16-21H2,1H3/t28-/m1/s1. The Labute approximate surface area is 222 Å². The molecule has 2 heterocycles.